The maximum atomic E-state index is 11.9. The van der Waals surface area contributed by atoms with E-state index in [0.717, 1.165) is 12.1 Å². The first-order valence-electron chi connectivity index (χ1n) is 3.61. The number of halogens is 3. The Morgan fingerprint density at radius 3 is 2.47 bits per heavy atom. The topological polar surface area (TPSA) is 46.5 Å². The van der Waals surface area contributed by atoms with Gasteiger partial charge in [0.15, 0.2) is 0 Å². The van der Waals surface area contributed by atoms with E-state index < -0.39 is 23.6 Å². The van der Waals surface area contributed by atoms with E-state index in [2.05, 4.69) is 17.4 Å². The van der Waals surface area contributed by atoms with Gasteiger partial charge in [-0.2, -0.15) is 0 Å². The Morgan fingerprint density at radius 2 is 2.00 bits per heavy atom. The summed E-state index contributed by atoms with van der Waals surface area (Å²) in [4.78, 5) is 10.7. The number of aromatic carboxylic acids is 1. The van der Waals surface area contributed by atoms with Gasteiger partial charge >= 0.3 is 12.3 Å². The van der Waals surface area contributed by atoms with Crippen LogP contribution in [-0.4, -0.2) is 17.4 Å². The summed E-state index contributed by atoms with van der Waals surface area (Å²) in [7, 11) is 0. The number of carboxylic acid groups (broad SMARTS) is 1. The van der Waals surface area contributed by atoms with Gasteiger partial charge in [0.25, 0.3) is 0 Å². The van der Waals surface area contributed by atoms with Crippen LogP contribution in [0.4, 0.5) is 13.2 Å². The van der Waals surface area contributed by atoms with Crippen molar-refractivity contribution < 1.29 is 27.8 Å². The molecule has 1 N–H and O–H groups in total. The van der Waals surface area contributed by atoms with Crippen LogP contribution < -0.4 is 4.74 Å². The standard InChI is InChI=1S/C8H5F3O3S/c9-8(10,11)14-6-3-4(15)1-2-5(6)7(12)13/h1-3,15H,(H,12,13). The molecule has 0 aromatic heterocycles. The van der Waals surface area contributed by atoms with E-state index in [4.69, 9.17) is 5.11 Å². The minimum absolute atomic E-state index is 0.180. The van der Waals surface area contributed by atoms with Crippen LogP contribution >= 0.6 is 12.6 Å². The number of rotatable bonds is 2. The number of thiol groups is 1. The molecule has 3 nitrogen and oxygen atoms in total. The molecule has 0 amide bonds. The number of hydrogen-bond donors (Lipinski definition) is 2. The summed E-state index contributed by atoms with van der Waals surface area (Å²) in [5, 5.41) is 8.58. The van der Waals surface area contributed by atoms with Crippen LogP contribution in [-0.2, 0) is 0 Å². The predicted octanol–water partition coefficient (Wildman–Crippen LogP) is 2.57. The van der Waals surface area contributed by atoms with Crippen LogP contribution in [0.2, 0.25) is 0 Å². The molecule has 1 rings (SSSR count). The summed E-state index contributed by atoms with van der Waals surface area (Å²) in [5.74, 6) is -2.27. The van der Waals surface area contributed by atoms with Crippen LogP contribution in [0.1, 0.15) is 10.4 Å². The van der Waals surface area contributed by atoms with Crippen LogP contribution in [0.25, 0.3) is 0 Å². The van der Waals surface area contributed by atoms with Gasteiger partial charge in [0.05, 0.1) is 0 Å². The van der Waals surface area contributed by atoms with Crippen LogP contribution in [0.3, 0.4) is 0 Å². The van der Waals surface area contributed by atoms with E-state index in [1.165, 1.54) is 6.07 Å². The van der Waals surface area contributed by atoms with Crippen molar-refractivity contribution in [2.45, 2.75) is 11.3 Å². The molecule has 0 heterocycles. The third kappa shape index (κ3) is 3.35. The summed E-state index contributed by atoms with van der Waals surface area (Å²) >= 11 is 3.78. The van der Waals surface area contributed by atoms with Crippen molar-refractivity contribution in [2.24, 2.45) is 0 Å². The lowest BCUT2D eigenvalue weighted by molar-refractivity contribution is -0.274. The SMILES string of the molecule is O=C(O)c1ccc(S)cc1OC(F)(F)F. The highest BCUT2D eigenvalue weighted by Crippen LogP contribution is 2.28. The summed E-state index contributed by atoms with van der Waals surface area (Å²) < 4.78 is 39.2. The molecular formula is C8H5F3O3S. The highest BCUT2D eigenvalue weighted by Gasteiger charge is 2.33. The number of alkyl halides is 3. The van der Waals surface area contributed by atoms with Gasteiger partial charge in [-0.25, -0.2) is 4.79 Å². The van der Waals surface area contributed by atoms with E-state index in [1.54, 1.807) is 0 Å². The van der Waals surface area contributed by atoms with E-state index >= 15 is 0 Å². The van der Waals surface area contributed by atoms with E-state index in [0.29, 0.717) is 0 Å². The molecule has 1 aromatic carbocycles. The monoisotopic (exact) mass is 238 g/mol. The molecule has 1 aromatic rings. The largest absolute Gasteiger partial charge is 0.573 e. The second kappa shape index (κ2) is 4.01. The van der Waals surface area contributed by atoms with Crippen LogP contribution in [0, 0.1) is 0 Å². The highest BCUT2D eigenvalue weighted by molar-refractivity contribution is 7.80. The Morgan fingerprint density at radius 1 is 1.40 bits per heavy atom. The summed E-state index contributed by atoms with van der Waals surface area (Å²) in [6.07, 6.45) is -4.92. The van der Waals surface area contributed by atoms with E-state index in [9.17, 15) is 18.0 Å². The quantitative estimate of drug-likeness (QED) is 0.778. The van der Waals surface area contributed by atoms with Crippen molar-refractivity contribution in [3.05, 3.63) is 23.8 Å². The van der Waals surface area contributed by atoms with Crippen molar-refractivity contribution >= 4 is 18.6 Å². The fourth-order valence-electron chi connectivity index (χ4n) is 0.897. The lowest BCUT2D eigenvalue weighted by Crippen LogP contribution is -2.19. The van der Waals surface area contributed by atoms with Crippen LogP contribution in [0.5, 0.6) is 5.75 Å². The average Bonchev–Trinajstić information content (AvgIpc) is 1.99. The molecule has 0 fully saturated rings. The summed E-state index contributed by atoms with van der Waals surface area (Å²) in [5.41, 5.74) is -0.565. The second-order valence-electron chi connectivity index (χ2n) is 2.53. The molecule has 15 heavy (non-hydrogen) atoms. The molecule has 0 radical (unpaired) electrons. The number of carbonyl (C=O) groups is 1. The lowest BCUT2D eigenvalue weighted by Gasteiger charge is -2.11. The zero-order valence-electron chi connectivity index (χ0n) is 7.08. The molecule has 82 valence electrons. The van der Waals surface area contributed by atoms with Crippen molar-refractivity contribution in [3.63, 3.8) is 0 Å². The zero-order chi connectivity index (χ0) is 11.6. The van der Waals surface area contributed by atoms with Crippen molar-refractivity contribution in [3.8, 4) is 5.75 Å². The molecule has 7 heteroatoms. The third-order valence-electron chi connectivity index (χ3n) is 1.42. The van der Waals surface area contributed by atoms with Gasteiger partial charge < -0.3 is 9.84 Å². The molecule has 0 saturated heterocycles. The molecule has 0 unspecified atom stereocenters. The summed E-state index contributed by atoms with van der Waals surface area (Å²) in [6, 6.07) is 3.14. The van der Waals surface area contributed by atoms with E-state index in [-0.39, 0.29) is 4.90 Å². The molecule has 0 bridgehead atoms. The smallest absolute Gasteiger partial charge is 0.478 e. The molecule has 0 spiro atoms. The Bertz CT molecular complexity index is 389. The zero-order valence-corrected chi connectivity index (χ0v) is 7.97. The minimum Gasteiger partial charge on any atom is -0.478 e. The Kier molecular flexibility index (Phi) is 3.13. The first kappa shape index (κ1) is 11.7. The maximum Gasteiger partial charge on any atom is 0.573 e. The Balaban J connectivity index is 3.13. The fourth-order valence-corrected chi connectivity index (χ4v) is 1.09. The van der Waals surface area contributed by atoms with E-state index in [1.807, 2.05) is 0 Å². The fraction of sp³-hybridized carbons (Fsp3) is 0.125. The van der Waals surface area contributed by atoms with Crippen molar-refractivity contribution in [1.82, 2.24) is 0 Å². The Hall–Kier alpha value is -1.37. The maximum absolute atomic E-state index is 11.9. The minimum atomic E-state index is -4.92. The normalized spacial score (nSPS) is 11.2. The van der Waals surface area contributed by atoms with Gasteiger partial charge in [0, 0.05) is 4.90 Å². The number of benzene rings is 1. The number of hydrogen-bond acceptors (Lipinski definition) is 3. The lowest BCUT2D eigenvalue weighted by atomic mass is 10.2. The van der Waals surface area contributed by atoms with Gasteiger partial charge in [-0.15, -0.1) is 25.8 Å². The summed E-state index contributed by atoms with van der Waals surface area (Å²) in [6.45, 7) is 0. The van der Waals surface area contributed by atoms with Gasteiger partial charge in [-0.1, -0.05) is 0 Å². The molecule has 0 atom stereocenters. The van der Waals surface area contributed by atoms with Crippen molar-refractivity contribution in [2.75, 3.05) is 0 Å². The van der Waals surface area contributed by atoms with Crippen LogP contribution in [0.15, 0.2) is 23.1 Å². The van der Waals surface area contributed by atoms with Gasteiger partial charge in [0.1, 0.15) is 11.3 Å². The molecule has 0 aliphatic rings. The van der Waals surface area contributed by atoms with Gasteiger partial charge in [-0.3, -0.25) is 0 Å². The Labute approximate surface area is 87.9 Å². The second-order valence-corrected chi connectivity index (χ2v) is 3.05. The molecule has 0 saturated carbocycles. The number of ether oxygens (including phenoxy) is 1. The molecular weight excluding hydrogens is 233 g/mol. The molecule has 0 aliphatic carbocycles. The van der Waals surface area contributed by atoms with Gasteiger partial charge in [0.2, 0.25) is 0 Å². The highest BCUT2D eigenvalue weighted by atomic mass is 32.1. The average molecular weight is 238 g/mol. The predicted molar refractivity (Wildman–Crippen MR) is 47.3 cm³/mol. The number of carboxylic acids is 1. The third-order valence-corrected chi connectivity index (χ3v) is 1.70. The molecule has 0 aliphatic heterocycles. The van der Waals surface area contributed by atoms with Crippen molar-refractivity contribution in [1.29, 1.82) is 0 Å². The van der Waals surface area contributed by atoms with Gasteiger partial charge in [-0.05, 0) is 18.2 Å². The first-order valence-corrected chi connectivity index (χ1v) is 4.06. The first-order chi connectivity index (χ1) is 6.79.